The van der Waals surface area contributed by atoms with Crippen molar-refractivity contribution in [2.24, 2.45) is 0 Å². The van der Waals surface area contributed by atoms with E-state index < -0.39 is 11.8 Å². The Bertz CT molecular complexity index is 1040. The van der Waals surface area contributed by atoms with Gasteiger partial charge >= 0.3 is 0 Å². The number of amides is 2. The Balaban J connectivity index is 1.82. The third-order valence-electron chi connectivity index (χ3n) is 3.71. The molecule has 5 nitrogen and oxygen atoms in total. The molecule has 2 N–H and O–H groups in total. The minimum Gasteiger partial charge on any atom is -0.318 e. The molecule has 0 bridgehead atoms. The molecule has 0 spiro atoms. The van der Waals surface area contributed by atoms with E-state index >= 15 is 0 Å². The van der Waals surface area contributed by atoms with Crippen LogP contribution in [0.25, 0.3) is 0 Å². The number of hydrogen-bond acceptors (Lipinski definition) is 3. The van der Waals surface area contributed by atoms with Gasteiger partial charge in [0.05, 0.1) is 31.5 Å². The Hall–Kier alpha value is -1.73. The minimum absolute atomic E-state index is 0.0435. The van der Waals surface area contributed by atoms with Gasteiger partial charge < -0.3 is 10.6 Å². The maximum absolute atomic E-state index is 12.6. The minimum atomic E-state index is -0.627. The fourth-order valence-corrected chi connectivity index (χ4v) is 4.19. The average molecular weight is 524 g/mol. The second-order valence-electron chi connectivity index (χ2n) is 5.81. The molecule has 154 valence electrons. The van der Waals surface area contributed by atoms with Gasteiger partial charge in [0.1, 0.15) is 11.4 Å². The molecule has 2 aromatic carbocycles. The van der Waals surface area contributed by atoms with Crippen LogP contribution in [0.2, 0.25) is 30.1 Å². The van der Waals surface area contributed by atoms with Gasteiger partial charge in [-0.2, -0.15) is 0 Å². The average Bonchev–Trinajstić information content (AvgIpc) is 2.67. The standard InChI is InChI=1S/C19H9Cl6N3O2/c20-8-4-10(22)16(11(23)5-8)27-18(29)14-2-1-3-15(26-14)19(30)28-17-12(24)6-9(21)7-13(17)25/h1-7H,(H,27,29)(H,28,30). The van der Waals surface area contributed by atoms with Crippen molar-refractivity contribution >= 4 is 92.8 Å². The van der Waals surface area contributed by atoms with E-state index in [0.29, 0.717) is 10.0 Å². The largest absolute Gasteiger partial charge is 0.318 e. The van der Waals surface area contributed by atoms with Crippen LogP contribution in [0.4, 0.5) is 11.4 Å². The molecule has 3 rings (SSSR count). The van der Waals surface area contributed by atoms with Crippen molar-refractivity contribution in [3.05, 3.63) is 84.0 Å². The first kappa shape index (κ1) is 22.9. The zero-order valence-corrected chi connectivity index (χ0v) is 19.1. The third-order valence-corrected chi connectivity index (χ3v) is 5.33. The first-order chi connectivity index (χ1) is 14.2. The number of pyridine rings is 1. The Kier molecular flexibility index (Phi) is 7.34. The van der Waals surface area contributed by atoms with Crippen LogP contribution in [0.1, 0.15) is 21.0 Å². The molecule has 1 heterocycles. The van der Waals surface area contributed by atoms with Gasteiger partial charge in [0.25, 0.3) is 11.8 Å². The maximum atomic E-state index is 12.6. The van der Waals surface area contributed by atoms with Gasteiger partial charge in [0.2, 0.25) is 0 Å². The van der Waals surface area contributed by atoms with Gasteiger partial charge in [-0.05, 0) is 36.4 Å². The van der Waals surface area contributed by atoms with E-state index in [1.54, 1.807) is 0 Å². The first-order valence-electron chi connectivity index (χ1n) is 8.04. The highest BCUT2D eigenvalue weighted by Crippen LogP contribution is 2.35. The summed E-state index contributed by atoms with van der Waals surface area (Å²) in [5, 5.41) is 6.35. The Labute approximate surface area is 201 Å². The highest BCUT2D eigenvalue weighted by Gasteiger charge is 2.18. The van der Waals surface area contributed by atoms with Crippen LogP contribution in [-0.2, 0) is 0 Å². The molecular formula is C19H9Cl6N3O2. The van der Waals surface area contributed by atoms with E-state index in [4.69, 9.17) is 69.6 Å². The summed E-state index contributed by atoms with van der Waals surface area (Å²) in [5.74, 6) is -1.25. The van der Waals surface area contributed by atoms with Crippen molar-refractivity contribution in [2.75, 3.05) is 10.6 Å². The van der Waals surface area contributed by atoms with Crippen molar-refractivity contribution < 1.29 is 9.59 Å². The molecule has 0 aliphatic heterocycles. The van der Waals surface area contributed by atoms with Gasteiger partial charge in [0.15, 0.2) is 0 Å². The summed E-state index contributed by atoms with van der Waals surface area (Å²) in [6.07, 6.45) is 0. The second kappa shape index (κ2) is 9.60. The number of aromatic nitrogens is 1. The van der Waals surface area contributed by atoms with Crippen LogP contribution in [-0.4, -0.2) is 16.8 Å². The van der Waals surface area contributed by atoms with Gasteiger partial charge in [-0.3, -0.25) is 9.59 Å². The van der Waals surface area contributed by atoms with Crippen LogP contribution >= 0.6 is 69.6 Å². The summed E-state index contributed by atoms with van der Waals surface area (Å²) in [5.41, 5.74) is 0.254. The molecule has 0 saturated heterocycles. The van der Waals surface area contributed by atoms with Crippen LogP contribution < -0.4 is 10.6 Å². The van der Waals surface area contributed by atoms with E-state index in [2.05, 4.69) is 15.6 Å². The van der Waals surface area contributed by atoms with Crippen molar-refractivity contribution in [3.8, 4) is 0 Å². The van der Waals surface area contributed by atoms with Gasteiger partial charge in [-0.1, -0.05) is 75.7 Å². The van der Waals surface area contributed by atoms with Crippen LogP contribution in [0.15, 0.2) is 42.5 Å². The monoisotopic (exact) mass is 521 g/mol. The predicted molar refractivity (Wildman–Crippen MR) is 123 cm³/mol. The molecule has 0 radical (unpaired) electrons. The SMILES string of the molecule is O=C(Nc1c(Cl)cc(Cl)cc1Cl)c1cccc(C(=O)Nc2c(Cl)cc(Cl)cc2Cl)n1. The molecule has 0 saturated carbocycles. The van der Waals surface area contributed by atoms with Crippen LogP contribution in [0.5, 0.6) is 0 Å². The molecule has 3 aromatic rings. The van der Waals surface area contributed by atoms with Gasteiger partial charge in [-0.25, -0.2) is 4.98 Å². The van der Waals surface area contributed by atoms with E-state index in [1.165, 1.54) is 42.5 Å². The normalized spacial score (nSPS) is 10.6. The molecule has 0 unspecified atom stereocenters. The quantitative estimate of drug-likeness (QED) is 0.372. The summed E-state index contributed by atoms with van der Waals surface area (Å²) in [6, 6.07) is 10.1. The van der Waals surface area contributed by atoms with E-state index in [9.17, 15) is 9.59 Å². The smallest absolute Gasteiger partial charge is 0.274 e. The summed E-state index contributed by atoms with van der Waals surface area (Å²) < 4.78 is 0. The maximum Gasteiger partial charge on any atom is 0.274 e. The lowest BCUT2D eigenvalue weighted by atomic mass is 10.2. The van der Waals surface area contributed by atoms with E-state index in [1.807, 2.05) is 0 Å². The summed E-state index contributed by atoms with van der Waals surface area (Å²) in [7, 11) is 0. The summed E-state index contributed by atoms with van der Waals surface area (Å²) >= 11 is 36.0. The molecule has 0 fully saturated rings. The van der Waals surface area contributed by atoms with E-state index in [-0.39, 0.29) is 42.9 Å². The number of nitrogens with one attached hydrogen (secondary N) is 2. The first-order valence-corrected chi connectivity index (χ1v) is 10.3. The lowest BCUT2D eigenvalue weighted by Gasteiger charge is -2.11. The second-order valence-corrected chi connectivity index (χ2v) is 8.31. The molecule has 0 aliphatic rings. The van der Waals surface area contributed by atoms with Crippen molar-refractivity contribution in [3.63, 3.8) is 0 Å². The lowest BCUT2D eigenvalue weighted by molar-refractivity contribution is 0.101. The number of halogens is 6. The molecular weight excluding hydrogens is 515 g/mol. The number of anilines is 2. The molecule has 0 atom stereocenters. The summed E-state index contributed by atoms with van der Waals surface area (Å²) in [4.78, 5) is 29.2. The predicted octanol–water partition coefficient (Wildman–Crippen LogP) is 7.51. The van der Waals surface area contributed by atoms with Crippen molar-refractivity contribution in [2.45, 2.75) is 0 Å². The van der Waals surface area contributed by atoms with Crippen molar-refractivity contribution in [1.29, 1.82) is 0 Å². The molecule has 1 aromatic heterocycles. The number of rotatable bonds is 4. The van der Waals surface area contributed by atoms with Crippen LogP contribution in [0, 0.1) is 0 Å². The molecule has 11 heteroatoms. The zero-order valence-electron chi connectivity index (χ0n) is 14.6. The zero-order chi connectivity index (χ0) is 22.0. The van der Waals surface area contributed by atoms with Crippen molar-refractivity contribution in [1.82, 2.24) is 4.98 Å². The fraction of sp³-hybridized carbons (Fsp3) is 0. The Morgan fingerprint density at radius 2 is 0.967 bits per heavy atom. The number of carbonyl (C=O) groups is 2. The number of benzene rings is 2. The number of hydrogen-bond donors (Lipinski definition) is 2. The fourth-order valence-electron chi connectivity index (χ4n) is 2.37. The molecule has 0 aliphatic carbocycles. The molecule has 2 amide bonds. The number of nitrogens with zero attached hydrogens (tertiary/aromatic N) is 1. The Morgan fingerprint density at radius 3 is 1.30 bits per heavy atom. The van der Waals surface area contributed by atoms with Crippen LogP contribution in [0.3, 0.4) is 0 Å². The van der Waals surface area contributed by atoms with E-state index in [0.717, 1.165) is 0 Å². The Morgan fingerprint density at radius 1 is 0.633 bits per heavy atom. The lowest BCUT2D eigenvalue weighted by Crippen LogP contribution is -2.19. The third kappa shape index (κ3) is 5.30. The highest BCUT2D eigenvalue weighted by molar-refractivity contribution is 6.43. The summed E-state index contributed by atoms with van der Waals surface area (Å²) in [6.45, 7) is 0. The van der Waals surface area contributed by atoms with Gasteiger partial charge in [-0.15, -0.1) is 0 Å². The number of carbonyl (C=O) groups excluding carboxylic acids is 2. The topological polar surface area (TPSA) is 71.1 Å². The molecule has 30 heavy (non-hydrogen) atoms. The highest BCUT2D eigenvalue weighted by atomic mass is 35.5. The van der Waals surface area contributed by atoms with Gasteiger partial charge in [0, 0.05) is 10.0 Å².